The van der Waals surface area contributed by atoms with Gasteiger partial charge in [0.2, 0.25) is 0 Å². The summed E-state index contributed by atoms with van der Waals surface area (Å²) in [6.45, 7) is 0. The zero-order valence-electron chi connectivity index (χ0n) is 10.4. The number of rotatable bonds is 4. The fourth-order valence-corrected chi connectivity index (χ4v) is 2.95. The van der Waals surface area contributed by atoms with E-state index >= 15 is 0 Å². The summed E-state index contributed by atoms with van der Waals surface area (Å²) < 4.78 is 39.7. The molecule has 1 N–H and O–H groups in total. The van der Waals surface area contributed by atoms with Gasteiger partial charge in [0.05, 0.1) is 6.20 Å². The second-order valence-electron chi connectivity index (χ2n) is 4.44. The van der Waals surface area contributed by atoms with Crippen LogP contribution in [0.3, 0.4) is 0 Å². The molecule has 1 fully saturated rings. The minimum Gasteiger partial charge on any atom is -0.404 e. The molecule has 1 aliphatic carbocycles. The van der Waals surface area contributed by atoms with Crippen LogP contribution in [0.4, 0.5) is 19.0 Å². The van der Waals surface area contributed by atoms with E-state index in [2.05, 4.69) is 21.3 Å². The summed E-state index contributed by atoms with van der Waals surface area (Å²) in [7, 11) is 0. The van der Waals surface area contributed by atoms with Crippen LogP contribution in [0.1, 0.15) is 19.3 Å². The van der Waals surface area contributed by atoms with Crippen LogP contribution in [-0.2, 0) is 0 Å². The Kier molecular flexibility index (Phi) is 4.44. The molecule has 7 heteroatoms. The lowest BCUT2D eigenvalue weighted by Gasteiger charge is -2.14. The first-order chi connectivity index (χ1) is 8.96. The van der Waals surface area contributed by atoms with Crippen molar-refractivity contribution in [3.63, 3.8) is 0 Å². The van der Waals surface area contributed by atoms with Crippen LogP contribution < -0.4 is 10.1 Å². The maximum absolute atomic E-state index is 12.0. The Morgan fingerprint density at radius 1 is 1.37 bits per heavy atom. The van der Waals surface area contributed by atoms with Crippen LogP contribution >= 0.6 is 11.8 Å². The molecule has 0 radical (unpaired) electrons. The Morgan fingerprint density at radius 3 is 2.68 bits per heavy atom. The average molecular weight is 292 g/mol. The molecule has 2 atom stereocenters. The Hall–Kier alpha value is -1.11. The van der Waals surface area contributed by atoms with Gasteiger partial charge in [-0.1, -0.05) is 0 Å². The predicted octanol–water partition coefficient (Wildman–Crippen LogP) is 3.68. The molecular formula is C12H15F3N2OS. The second kappa shape index (κ2) is 5.90. The van der Waals surface area contributed by atoms with Gasteiger partial charge in [-0.05, 0) is 37.7 Å². The molecule has 0 amide bonds. The maximum atomic E-state index is 12.0. The van der Waals surface area contributed by atoms with Crippen LogP contribution in [0.2, 0.25) is 0 Å². The number of ether oxygens (including phenoxy) is 1. The summed E-state index contributed by atoms with van der Waals surface area (Å²) >= 11 is 1.85. The van der Waals surface area contributed by atoms with Gasteiger partial charge in [-0.3, -0.25) is 0 Å². The highest BCUT2D eigenvalue weighted by Crippen LogP contribution is 2.30. The summed E-state index contributed by atoms with van der Waals surface area (Å²) in [4.78, 5) is 3.93. The third kappa shape index (κ3) is 4.49. The third-order valence-corrected chi connectivity index (χ3v) is 4.13. The summed E-state index contributed by atoms with van der Waals surface area (Å²) in [5.74, 6) is 0.285. The monoisotopic (exact) mass is 292 g/mol. The highest BCUT2D eigenvalue weighted by molar-refractivity contribution is 7.99. The van der Waals surface area contributed by atoms with E-state index in [1.807, 2.05) is 11.8 Å². The third-order valence-electron chi connectivity index (χ3n) is 3.04. The number of thioether (sulfide) groups is 1. The zero-order chi connectivity index (χ0) is 13.9. The molecule has 1 aliphatic rings. The quantitative estimate of drug-likeness (QED) is 0.918. The first-order valence-electron chi connectivity index (χ1n) is 5.97. The summed E-state index contributed by atoms with van der Waals surface area (Å²) in [5, 5.41) is 3.89. The van der Waals surface area contributed by atoms with Crippen molar-refractivity contribution >= 4 is 17.6 Å². The van der Waals surface area contributed by atoms with E-state index in [0.29, 0.717) is 17.1 Å². The van der Waals surface area contributed by atoms with Gasteiger partial charge in [0.1, 0.15) is 11.6 Å². The molecule has 1 saturated carbocycles. The molecular weight excluding hydrogens is 277 g/mol. The molecule has 106 valence electrons. The minimum atomic E-state index is -4.67. The number of pyridine rings is 1. The number of halogens is 3. The van der Waals surface area contributed by atoms with Crippen LogP contribution in [0.25, 0.3) is 0 Å². The lowest BCUT2D eigenvalue weighted by Crippen LogP contribution is -2.18. The van der Waals surface area contributed by atoms with Crippen LogP contribution in [0.15, 0.2) is 18.3 Å². The van der Waals surface area contributed by atoms with Gasteiger partial charge in [-0.25, -0.2) is 4.98 Å². The molecule has 0 spiro atoms. The highest BCUT2D eigenvalue weighted by atomic mass is 32.2. The first-order valence-corrected chi connectivity index (χ1v) is 7.26. The van der Waals surface area contributed by atoms with E-state index in [-0.39, 0.29) is 5.75 Å². The van der Waals surface area contributed by atoms with Crippen LogP contribution in [0.5, 0.6) is 5.75 Å². The molecule has 1 heterocycles. The number of alkyl halides is 3. The van der Waals surface area contributed by atoms with Crippen molar-refractivity contribution in [2.75, 3.05) is 11.6 Å². The van der Waals surface area contributed by atoms with Crippen LogP contribution in [0, 0.1) is 0 Å². The fourth-order valence-electron chi connectivity index (χ4n) is 2.15. The number of anilines is 1. The topological polar surface area (TPSA) is 34.1 Å². The maximum Gasteiger partial charge on any atom is 0.573 e. The number of nitrogens with zero attached hydrogens (tertiary/aromatic N) is 1. The van der Waals surface area contributed by atoms with Crippen LogP contribution in [-0.4, -0.2) is 28.9 Å². The van der Waals surface area contributed by atoms with Gasteiger partial charge >= 0.3 is 6.36 Å². The number of hydrogen-bond acceptors (Lipinski definition) is 4. The minimum absolute atomic E-state index is 0.300. The molecule has 2 rings (SSSR count). The fraction of sp³-hybridized carbons (Fsp3) is 0.583. The van der Waals surface area contributed by atoms with Crippen molar-refractivity contribution < 1.29 is 17.9 Å². The molecule has 1 aromatic rings. The number of nitrogens with one attached hydrogen (secondary N) is 1. The van der Waals surface area contributed by atoms with E-state index < -0.39 is 6.36 Å². The summed E-state index contributed by atoms with van der Waals surface area (Å²) in [6, 6.07) is 3.12. The van der Waals surface area contributed by atoms with Gasteiger partial charge < -0.3 is 10.1 Å². The van der Waals surface area contributed by atoms with E-state index in [1.165, 1.54) is 12.1 Å². The summed E-state index contributed by atoms with van der Waals surface area (Å²) in [5.41, 5.74) is 0. The van der Waals surface area contributed by atoms with Gasteiger partial charge in [-0.2, -0.15) is 11.8 Å². The smallest absolute Gasteiger partial charge is 0.404 e. The van der Waals surface area contributed by atoms with Crippen molar-refractivity contribution in [2.45, 2.75) is 36.9 Å². The van der Waals surface area contributed by atoms with E-state index in [1.54, 1.807) is 0 Å². The lowest BCUT2D eigenvalue weighted by molar-refractivity contribution is -0.274. The van der Waals surface area contributed by atoms with E-state index in [9.17, 15) is 13.2 Å². The highest BCUT2D eigenvalue weighted by Gasteiger charge is 2.31. The molecule has 0 aliphatic heterocycles. The number of aromatic nitrogens is 1. The average Bonchev–Trinajstić information content (AvgIpc) is 2.77. The molecule has 0 saturated heterocycles. The zero-order valence-corrected chi connectivity index (χ0v) is 11.2. The van der Waals surface area contributed by atoms with Crippen molar-refractivity contribution in [3.8, 4) is 5.75 Å². The van der Waals surface area contributed by atoms with Crippen molar-refractivity contribution in [2.24, 2.45) is 0 Å². The van der Waals surface area contributed by atoms with E-state index in [0.717, 1.165) is 25.5 Å². The van der Waals surface area contributed by atoms with Crippen molar-refractivity contribution in [3.05, 3.63) is 18.3 Å². The van der Waals surface area contributed by atoms with Gasteiger partial charge in [0.25, 0.3) is 0 Å². The largest absolute Gasteiger partial charge is 0.573 e. The Labute approximate surface area is 113 Å². The second-order valence-corrected chi connectivity index (χ2v) is 5.58. The predicted molar refractivity (Wildman–Crippen MR) is 69.5 cm³/mol. The van der Waals surface area contributed by atoms with Gasteiger partial charge in [0, 0.05) is 11.3 Å². The molecule has 0 aromatic carbocycles. The SMILES string of the molecule is CSC1CCC(Nc2ccc(OC(F)(F)F)cn2)C1. The summed E-state index contributed by atoms with van der Waals surface area (Å²) in [6.07, 6.45) is 1.78. The molecule has 1 aromatic heterocycles. The Morgan fingerprint density at radius 2 is 2.16 bits per heavy atom. The normalized spacial score (nSPS) is 23.4. The molecule has 3 nitrogen and oxygen atoms in total. The Bertz CT molecular complexity index is 410. The Balaban J connectivity index is 1.89. The molecule has 2 unspecified atom stereocenters. The standard InChI is InChI=1S/C12H15F3N2OS/c1-19-10-4-2-8(6-10)17-11-5-3-9(7-16-11)18-12(13,14)15/h3,5,7-8,10H,2,4,6H2,1H3,(H,16,17). The molecule has 0 bridgehead atoms. The number of hydrogen-bond donors (Lipinski definition) is 1. The van der Waals surface area contributed by atoms with Gasteiger partial charge in [-0.15, -0.1) is 13.2 Å². The first kappa shape index (κ1) is 14.3. The van der Waals surface area contributed by atoms with E-state index in [4.69, 9.17) is 0 Å². The van der Waals surface area contributed by atoms with Gasteiger partial charge in [0.15, 0.2) is 0 Å². The molecule has 19 heavy (non-hydrogen) atoms. The van der Waals surface area contributed by atoms with Crippen molar-refractivity contribution in [1.29, 1.82) is 0 Å². The van der Waals surface area contributed by atoms with Crippen molar-refractivity contribution in [1.82, 2.24) is 4.98 Å². The lowest BCUT2D eigenvalue weighted by atomic mass is 10.2.